The van der Waals surface area contributed by atoms with Crippen LogP contribution in [-0.4, -0.2) is 0 Å². The summed E-state index contributed by atoms with van der Waals surface area (Å²) in [7, 11) is -5.39. The summed E-state index contributed by atoms with van der Waals surface area (Å²) < 4.78 is 8.55. The number of hydrogen-bond donors (Lipinski definition) is 0. The van der Waals surface area contributed by atoms with Gasteiger partial charge in [-0.2, -0.15) is 7.82 Å². The SMILES string of the molecule is O=P([O-])([O-])[O-].[K+]. The standard InChI is InChI=1S/K.H3O4P/c;1-5(2,3)4/h;(H3,1,2,3,4)/q+1;/p-3. The van der Waals surface area contributed by atoms with Crippen LogP contribution in [0.25, 0.3) is 0 Å². The van der Waals surface area contributed by atoms with E-state index in [2.05, 4.69) is 0 Å². The zero-order valence-corrected chi connectivity index (χ0v) is 7.10. The van der Waals surface area contributed by atoms with Crippen LogP contribution < -0.4 is 66.1 Å². The molecule has 0 saturated heterocycles. The molecule has 4 nitrogen and oxygen atoms in total. The second kappa shape index (κ2) is 3.71. The minimum Gasteiger partial charge on any atom is -0.822 e. The van der Waals surface area contributed by atoms with Crippen LogP contribution in [-0.2, 0) is 4.57 Å². The molecule has 0 heterocycles. The van der Waals surface area contributed by atoms with E-state index in [4.69, 9.17) is 19.2 Å². The van der Waals surface area contributed by atoms with Gasteiger partial charge >= 0.3 is 51.4 Å². The Morgan fingerprint density at radius 2 is 1.17 bits per heavy atom. The molecular weight excluding hydrogens is 134 g/mol. The van der Waals surface area contributed by atoms with Crippen molar-refractivity contribution in [3.63, 3.8) is 0 Å². The van der Waals surface area contributed by atoms with Crippen LogP contribution in [0, 0.1) is 0 Å². The smallest absolute Gasteiger partial charge is 0.822 e. The van der Waals surface area contributed by atoms with Gasteiger partial charge in [-0.25, -0.2) is 0 Å². The molecule has 0 aromatic rings. The summed E-state index contributed by atoms with van der Waals surface area (Å²) in [5.74, 6) is 0. The van der Waals surface area contributed by atoms with Gasteiger partial charge in [-0.3, -0.25) is 0 Å². The Balaban J connectivity index is 0. The fourth-order valence-corrected chi connectivity index (χ4v) is 0. The fourth-order valence-electron chi connectivity index (χ4n) is 0. The van der Waals surface area contributed by atoms with E-state index >= 15 is 0 Å². The monoisotopic (exact) mass is 134 g/mol. The molecule has 0 N–H and O–H groups in total. The zero-order chi connectivity index (χ0) is 4.50. The minimum atomic E-state index is -5.39. The van der Waals surface area contributed by atoms with Crippen molar-refractivity contribution in [3.05, 3.63) is 0 Å². The molecule has 0 bridgehead atoms. The average molecular weight is 134 g/mol. The third-order valence-electron chi connectivity index (χ3n) is 0. The Labute approximate surface area is 77.2 Å². The summed E-state index contributed by atoms with van der Waals surface area (Å²) in [6.45, 7) is 0. The van der Waals surface area contributed by atoms with Gasteiger partial charge in [-0.1, -0.05) is 0 Å². The molecule has 0 spiro atoms. The third kappa shape index (κ3) is 42.4. The van der Waals surface area contributed by atoms with Crippen molar-refractivity contribution in [1.29, 1.82) is 0 Å². The summed E-state index contributed by atoms with van der Waals surface area (Å²) in [5.41, 5.74) is 0. The molecule has 6 heteroatoms. The summed E-state index contributed by atoms with van der Waals surface area (Å²) in [6.07, 6.45) is 0. The molecule has 0 atom stereocenters. The van der Waals surface area contributed by atoms with Crippen molar-refractivity contribution in [1.82, 2.24) is 0 Å². The van der Waals surface area contributed by atoms with Gasteiger partial charge in [-0.15, -0.1) is 0 Å². The molecule has 6 heavy (non-hydrogen) atoms. The van der Waals surface area contributed by atoms with Crippen LogP contribution in [0.5, 0.6) is 0 Å². The topological polar surface area (TPSA) is 86.2 Å². The Bertz CT molecular complexity index is 53.7. The number of rotatable bonds is 0. The Hall–Kier alpha value is 1.75. The second-order valence-corrected chi connectivity index (χ2v) is 1.34. The summed E-state index contributed by atoms with van der Waals surface area (Å²) in [6, 6.07) is 0. The molecule has 32 valence electrons. The van der Waals surface area contributed by atoms with Crippen LogP contribution in [0.3, 0.4) is 0 Å². The predicted molar refractivity (Wildman–Crippen MR) is 7.61 cm³/mol. The van der Waals surface area contributed by atoms with Crippen LogP contribution >= 0.6 is 7.82 Å². The van der Waals surface area contributed by atoms with E-state index in [0.29, 0.717) is 0 Å². The Kier molecular flexibility index (Phi) is 6.61. The second-order valence-electron chi connectivity index (χ2n) is 0.447. The van der Waals surface area contributed by atoms with Gasteiger partial charge in [0.15, 0.2) is 0 Å². The fraction of sp³-hybridized carbons (Fsp3) is 0. The summed E-state index contributed by atoms with van der Waals surface area (Å²) >= 11 is 0. The van der Waals surface area contributed by atoms with Crippen LogP contribution in [0.2, 0.25) is 0 Å². The molecule has 0 radical (unpaired) electrons. The first kappa shape index (κ1) is 10.7. The molecule has 0 amide bonds. The van der Waals surface area contributed by atoms with Gasteiger partial charge in [-0.05, 0) is 0 Å². The van der Waals surface area contributed by atoms with Crippen LogP contribution in [0.4, 0.5) is 0 Å². The first-order chi connectivity index (χ1) is 2.00. The molecule has 0 aromatic heterocycles. The summed E-state index contributed by atoms with van der Waals surface area (Å²) in [4.78, 5) is 25.6. The maximum atomic E-state index is 8.55. The molecular formula is KO4P-2. The number of phosphoric acid groups is 1. The van der Waals surface area contributed by atoms with E-state index in [1.165, 1.54) is 0 Å². The summed E-state index contributed by atoms with van der Waals surface area (Å²) in [5, 5.41) is 0. The first-order valence-electron chi connectivity index (χ1n) is 0.730. The molecule has 0 saturated carbocycles. The first-order valence-corrected chi connectivity index (χ1v) is 2.19. The van der Waals surface area contributed by atoms with E-state index in [-0.39, 0.29) is 51.4 Å². The van der Waals surface area contributed by atoms with Crippen molar-refractivity contribution >= 4 is 7.82 Å². The molecule has 0 aliphatic rings. The third-order valence-corrected chi connectivity index (χ3v) is 0. The Morgan fingerprint density at radius 3 is 1.17 bits per heavy atom. The van der Waals surface area contributed by atoms with E-state index in [9.17, 15) is 0 Å². The molecule has 0 aliphatic carbocycles. The van der Waals surface area contributed by atoms with Crippen molar-refractivity contribution < 1.29 is 70.6 Å². The van der Waals surface area contributed by atoms with Gasteiger partial charge in [0.2, 0.25) is 0 Å². The van der Waals surface area contributed by atoms with E-state index < -0.39 is 7.82 Å². The van der Waals surface area contributed by atoms with E-state index in [1.54, 1.807) is 0 Å². The van der Waals surface area contributed by atoms with Crippen LogP contribution in [0.1, 0.15) is 0 Å². The van der Waals surface area contributed by atoms with Crippen molar-refractivity contribution in [2.75, 3.05) is 0 Å². The largest absolute Gasteiger partial charge is 1.00 e. The van der Waals surface area contributed by atoms with Crippen molar-refractivity contribution in [2.24, 2.45) is 0 Å². The van der Waals surface area contributed by atoms with Gasteiger partial charge in [0.1, 0.15) is 0 Å². The van der Waals surface area contributed by atoms with E-state index in [1.807, 2.05) is 0 Å². The zero-order valence-electron chi connectivity index (χ0n) is 3.08. The maximum absolute atomic E-state index is 8.55. The van der Waals surface area contributed by atoms with Crippen molar-refractivity contribution in [3.8, 4) is 0 Å². The quantitative estimate of drug-likeness (QED) is 0.244. The van der Waals surface area contributed by atoms with Gasteiger partial charge in [0.25, 0.3) is 0 Å². The molecule has 0 rings (SSSR count). The maximum Gasteiger partial charge on any atom is 1.00 e. The average Bonchev–Trinajstić information content (AvgIpc) is 0.722. The minimum absolute atomic E-state index is 0. The molecule has 0 unspecified atom stereocenters. The van der Waals surface area contributed by atoms with Crippen LogP contribution in [0.15, 0.2) is 0 Å². The Morgan fingerprint density at radius 1 is 1.17 bits per heavy atom. The van der Waals surface area contributed by atoms with Crippen molar-refractivity contribution in [2.45, 2.75) is 0 Å². The van der Waals surface area contributed by atoms with Gasteiger partial charge in [0.05, 0.1) is 0 Å². The molecule has 0 aromatic carbocycles. The van der Waals surface area contributed by atoms with Gasteiger partial charge < -0.3 is 19.2 Å². The predicted octanol–water partition coefficient (Wildman–Crippen LogP) is -5.82. The molecule has 0 fully saturated rings. The van der Waals surface area contributed by atoms with E-state index in [0.717, 1.165) is 0 Å². The number of hydrogen-bond acceptors (Lipinski definition) is 4. The molecule has 0 aliphatic heterocycles. The normalized spacial score (nSPS) is 9.83. The van der Waals surface area contributed by atoms with Gasteiger partial charge in [0, 0.05) is 0 Å².